The Balaban J connectivity index is 2.86. The predicted molar refractivity (Wildman–Crippen MR) is 58.4 cm³/mol. The lowest BCUT2D eigenvalue weighted by Crippen LogP contribution is -2.05. The minimum absolute atomic E-state index is 0.0222. The second-order valence-electron chi connectivity index (χ2n) is 3.55. The van der Waals surface area contributed by atoms with Gasteiger partial charge in [-0.25, -0.2) is 0 Å². The Labute approximate surface area is 92.9 Å². The normalized spacial score (nSPS) is 12.1. The van der Waals surface area contributed by atoms with Gasteiger partial charge in [-0.15, -0.1) is 0 Å². The van der Waals surface area contributed by atoms with E-state index in [1.165, 1.54) is 12.1 Å². The van der Waals surface area contributed by atoms with Crippen LogP contribution in [0, 0.1) is 10.1 Å². The topological polar surface area (TPSA) is 80.4 Å². The highest BCUT2D eigenvalue weighted by Gasteiger charge is 2.14. The van der Waals surface area contributed by atoms with E-state index in [0.29, 0.717) is 6.42 Å². The number of hydrogen-bond donors (Lipinski definition) is 1. The van der Waals surface area contributed by atoms with E-state index in [2.05, 4.69) is 0 Å². The van der Waals surface area contributed by atoms with Crippen LogP contribution in [0.15, 0.2) is 24.3 Å². The van der Waals surface area contributed by atoms with E-state index in [1.807, 2.05) is 6.92 Å². The van der Waals surface area contributed by atoms with Crippen molar-refractivity contribution in [1.29, 1.82) is 0 Å². The number of carbonyl (C=O) groups is 1. The van der Waals surface area contributed by atoms with Gasteiger partial charge in [-0.05, 0) is 17.9 Å². The van der Waals surface area contributed by atoms with Crippen LogP contribution in [0.3, 0.4) is 0 Å². The second-order valence-corrected chi connectivity index (χ2v) is 3.55. The third-order valence-corrected chi connectivity index (χ3v) is 2.49. The van der Waals surface area contributed by atoms with Gasteiger partial charge in [0.05, 0.1) is 11.3 Å². The number of nitrogens with zero attached hydrogens (tertiary/aromatic N) is 1. The van der Waals surface area contributed by atoms with Crippen molar-refractivity contribution in [3.05, 3.63) is 39.9 Å². The zero-order valence-electron chi connectivity index (χ0n) is 8.92. The Morgan fingerprint density at radius 2 is 2.00 bits per heavy atom. The molecule has 1 N–H and O–H groups in total. The van der Waals surface area contributed by atoms with Gasteiger partial charge in [-0.2, -0.15) is 0 Å². The minimum Gasteiger partial charge on any atom is -0.481 e. The molecule has 5 heteroatoms. The molecule has 0 saturated heterocycles. The van der Waals surface area contributed by atoms with Crippen LogP contribution in [0.5, 0.6) is 0 Å². The van der Waals surface area contributed by atoms with Crippen LogP contribution in [0.2, 0.25) is 0 Å². The third kappa shape index (κ3) is 3.05. The van der Waals surface area contributed by atoms with Crippen molar-refractivity contribution >= 4 is 11.7 Å². The van der Waals surface area contributed by atoms with E-state index in [0.717, 1.165) is 5.56 Å². The molecule has 0 fully saturated rings. The molecule has 5 nitrogen and oxygen atoms in total. The molecule has 0 saturated carbocycles. The summed E-state index contributed by atoms with van der Waals surface area (Å²) in [7, 11) is 0. The molecule has 1 aromatic carbocycles. The summed E-state index contributed by atoms with van der Waals surface area (Å²) in [5, 5.41) is 19.2. The summed E-state index contributed by atoms with van der Waals surface area (Å²) >= 11 is 0. The number of nitro benzene ring substituents is 1. The number of carboxylic acid groups (broad SMARTS) is 1. The van der Waals surface area contributed by atoms with Gasteiger partial charge in [0.25, 0.3) is 5.69 Å². The third-order valence-electron chi connectivity index (χ3n) is 2.49. The highest BCUT2D eigenvalue weighted by Crippen LogP contribution is 2.25. The highest BCUT2D eigenvalue weighted by atomic mass is 16.6. The minimum atomic E-state index is -0.856. The van der Waals surface area contributed by atoms with Crippen molar-refractivity contribution in [3.8, 4) is 0 Å². The summed E-state index contributed by atoms with van der Waals surface area (Å²) in [5.41, 5.74) is 0.851. The molecule has 1 unspecified atom stereocenters. The first-order valence-electron chi connectivity index (χ1n) is 5.00. The van der Waals surface area contributed by atoms with Crippen LogP contribution in [-0.2, 0) is 4.79 Å². The maximum absolute atomic E-state index is 10.6. The molecule has 1 aromatic rings. The Morgan fingerprint density at radius 3 is 2.38 bits per heavy atom. The van der Waals surface area contributed by atoms with Crippen LogP contribution in [0.1, 0.15) is 31.2 Å². The quantitative estimate of drug-likeness (QED) is 0.614. The molecule has 0 radical (unpaired) electrons. The van der Waals surface area contributed by atoms with E-state index in [-0.39, 0.29) is 18.0 Å². The summed E-state index contributed by atoms with van der Waals surface area (Å²) in [6, 6.07) is 6.05. The summed E-state index contributed by atoms with van der Waals surface area (Å²) in [6.07, 6.45) is 0.748. The standard InChI is InChI=1S/C11H13NO4/c1-2-8(7-11(13)14)9-3-5-10(6-4-9)12(15)16/h3-6,8H,2,7H2,1H3,(H,13,14). The molecule has 0 heterocycles. The van der Waals surface area contributed by atoms with Crippen LogP contribution < -0.4 is 0 Å². The van der Waals surface area contributed by atoms with Gasteiger partial charge in [0.15, 0.2) is 0 Å². The fraction of sp³-hybridized carbons (Fsp3) is 0.364. The SMILES string of the molecule is CCC(CC(=O)O)c1ccc([N+](=O)[O-])cc1. The van der Waals surface area contributed by atoms with Gasteiger partial charge in [0.1, 0.15) is 0 Å². The number of aliphatic carboxylic acids is 1. The average Bonchev–Trinajstić information content (AvgIpc) is 2.25. The Kier molecular flexibility index (Phi) is 3.99. The molecule has 1 atom stereocenters. The van der Waals surface area contributed by atoms with Crippen LogP contribution in [0.4, 0.5) is 5.69 Å². The largest absolute Gasteiger partial charge is 0.481 e. The van der Waals surface area contributed by atoms with E-state index < -0.39 is 10.9 Å². The Bertz CT molecular complexity index is 385. The van der Waals surface area contributed by atoms with Gasteiger partial charge >= 0.3 is 5.97 Å². The van der Waals surface area contributed by atoms with E-state index in [9.17, 15) is 14.9 Å². The zero-order chi connectivity index (χ0) is 12.1. The van der Waals surface area contributed by atoms with E-state index in [1.54, 1.807) is 12.1 Å². The molecule has 0 aromatic heterocycles. The van der Waals surface area contributed by atoms with Crippen molar-refractivity contribution in [3.63, 3.8) is 0 Å². The van der Waals surface area contributed by atoms with Gasteiger partial charge in [0, 0.05) is 12.1 Å². The summed E-state index contributed by atoms with van der Waals surface area (Å²) in [5.74, 6) is -0.941. The van der Waals surface area contributed by atoms with Crippen molar-refractivity contribution in [2.45, 2.75) is 25.7 Å². The average molecular weight is 223 g/mol. The van der Waals surface area contributed by atoms with Crippen molar-refractivity contribution in [1.82, 2.24) is 0 Å². The first-order chi connectivity index (χ1) is 7.54. The van der Waals surface area contributed by atoms with E-state index >= 15 is 0 Å². The first kappa shape index (κ1) is 12.2. The second kappa shape index (κ2) is 5.25. The first-order valence-corrected chi connectivity index (χ1v) is 5.00. The Hall–Kier alpha value is -1.91. The number of carboxylic acids is 1. The molecular weight excluding hydrogens is 210 g/mol. The molecular formula is C11H13NO4. The molecule has 1 rings (SSSR count). The van der Waals surface area contributed by atoms with Gasteiger partial charge < -0.3 is 5.11 Å². The summed E-state index contributed by atoms with van der Waals surface area (Å²) in [6.45, 7) is 1.90. The number of rotatable bonds is 5. The number of non-ortho nitro benzene ring substituents is 1. The molecule has 0 bridgehead atoms. The maximum atomic E-state index is 10.6. The summed E-state index contributed by atoms with van der Waals surface area (Å²) in [4.78, 5) is 20.6. The molecule has 0 aliphatic carbocycles. The molecule has 0 spiro atoms. The fourth-order valence-corrected chi connectivity index (χ4v) is 1.58. The maximum Gasteiger partial charge on any atom is 0.303 e. The number of nitro groups is 1. The monoisotopic (exact) mass is 223 g/mol. The lowest BCUT2D eigenvalue weighted by atomic mass is 9.93. The van der Waals surface area contributed by atoms with Crippen LogP contribution in [0.25, 0.3) is 0 Å². The van der Waals surface area contributed by atoms with E-state index in [4.69, 9.17) is 5.11 Å². The lowest BCUT2D eigenvalue weighted by molar-refractivity contribution is -0.384. The molecule has 0 aliphatic heterocycles. The molecule has 16 heavy (non-hydrogen) atoms. The van der Waals surface area contributed by atoms with Crippen molar-refractivity contribution < 1.29 is 14.8 Å². The van der Waals surface area contributed by atoms with Crippen LogP contribution >= 0.6 is 0 Å². The summed E-state index contributed by atoms with van der Waals surface area (Å²) < 4.78 is 0. The van der Waals surface area contributed by atoms with Gasteiger partial charge in [0.2, 0.25) is 0 Å². The van der Waals surface area contributed by atoms with Crippen LogP contribution in [-0.4, -0.2) is 16.0 Å². The smallest absolute Gasteiger partial charge is 0.303 e. The highest BCUT2D eigenvalue weighted by molar-refractivity contribution is 5.68. The lowest BCUT2D eigenvalue weighted by Gasteiger charge is -2.12. The van der Waals surface area contributed by atoms with Gasteiger partial charge in [-0.1, -0.05) is 19.1 Å². The van der Waals surface area contributed by atoms with Crippen molar-refractivity contribution in [2.75, 3.05) is 0 Å². The Morgan fingerprint density at radius 1 is 1.44 bits per heavy atom. The van der Waals surface area contributed by atoms with Gasteiger partial charge in [-0.3, -0.25) is 14.9 Å². The molecule has 0 amide bonds. The molecule has 86 valence electrons. The molecule has 0 aliphatic rings. The number of hydrogen-bond acceptors (Lipinski definition) is 3. The van der Waals surface area contributed by atoms with Crippen molar-refractivity contribution in [2.24, 2.45) is 0 Å². The zero-order valence-corrected chi connectivity index (χ0v) is 8.92. The predicted octanol–water partition coefficient (Wildman–Crippen LogP) is 2.56. The number of benzene rings is 1. The fourth-order valence-electron chi connectivity index (χ4n) is 1.58.